The molecule has 0 aromatic rings. The highest BCUT2D eigenvalue weighted by atomic mass is 32.2. The largest absolute Gasteiger partial charge is 0.480 e. The number of carboxylic acid groups (broad SMARTS) is 1. The summed E-state index contributed by atoms with van der Waals surface area (Å²) in [5.41, 5.74) is 0. The van der Waals surface area contributed by atoms with Gasteiger partial charge in [-0.3, -0.25) is 0 Å². The molecule has 2 saturated heterocycles. The maximum absolute atomic E-state index is 12.5. The number of morpholine rings is 1. The molecule has 1 N–H and O–H groups in total. The van der Waals surface area contributed by atoms with Gasteiger partial charge in [0.05, 0.1) is 12.2 Å². The second-order valence-corrected chi connectivity index (χ2v) is 6.22. The van der Waals surface area contributed by atoms with Gasteiger partial charge in [-0.15, -0.1) is 0 Å². The monoisotopic (exact) mass is 288 g/mol. The Morgan fingerprint density at radius 1 is 1.26 bits per heavy atom. The Labute approximate surface area is 117 Å². The van der Waals surface area contributed by atoms with E-state index in [1.165, 1.54) is 4.90 Å². The molecule has 7 heteroatoms. The molecule has 2 fully saturated rings. The summed E-state index contributed by atoms with van der Waals surface area (Å²) in [5, 5.41) is 9.21. The highest BCUT2D eigenvalue weighted by molar-refractivity contribution is 7.99. The number of thioether (sulfide) groups is 1. The number of aliphatic carboxylic acids is 1. The summed E-state index contributed by atoms with van der Waals surface area (Å²) in [7, 11) is 0. The van der Waals surface area contributed by atoms with E-state index in [1.807, 2.05) is 13.8 Å². The van der Waals surface area contributed by atoms with Crippen molar-refractivity contribution in [2.75, 3.05) is 31.1 Å². The molecular weight excluding hydrogens is 268 g/mol. The van der Waals surface area contributed by atoms with Gasteiger partial charge in [0.2, 0.25) is 0 Å². The lowest BCUT2D eigenvalue weighted by molar-refractivity contribution is -0.141. The smallest absolute Gasteiger partial charge is 0.327 e. The predicted octanol–water partition coefficient (Wildman–Crippen LogP) is 0.718. The minimum atomic E-state index is -0.921. The van der Waals surface area contributed by atoms with Gasteiger partial charge in [0, 0.05) is 31.1 Å². The van der Waals surface area contributed by atoms with Crippen LogP contribution in [0.5, 0.6) is 0 Å². The number of amides is 2. The van der Waals surface area contributed by atoms with Crippen molar-refractivity contribution in [3.63, 3.8) is 0 Å². The van der Waals surface area contributed by atoms with Gasteiger partial charge in [0.15, 0.2) is 0 Å². The molecule has 2 aliphatic rings. The molecule has 2 rings (SSSR count). The van der Waals surface area contributed by atoms with Gasteiger partial charge >= 0.3 is 12.0 Å². The van der Waals surface area contributed by atoms with E-state index >= 15 is 0 Å². The molecule has 108 valence electrons. The standard InChI is InChI=1S/C12H20N2O4S/c1-8-5-13(6-9(2)18-8)12(17)14-3-4-19-7-10(14)11(15)16/h8-10H,3-7H2,1-2H3,(H,15,16)/t8-,9+,10?. The molecule has 2 aliphatic heterocycles. The summed E-state index contributed by atoms with van der Waals surface area (Å²) in [4.78, 5) is 26.9. The van der Waals surface area contributed by atoms with Crippen LogP contribution < -0.4 is 0 Å². The summed E-state index contributed by atoms with van der Waals surface area (Å²) in [6, 6.07) is -0.880. The van der Waals surface area contributed by atoms with Gasteiger partial charge in [-0.05, 0) is 13.8 Å². The molecule has 3 atom stereocenters. The number of rotatable bonds is 1. The zero-order valence-corrected chi connectivity index (χ0v) is 12.1. The van der Waals surface area contributed by atoms with Crippen molar-refractivity contribution in [2.45, 2.75) is 32.1 Å². The van der Waals surface area contributed by atoms with E-state index in [2.05, 4.69) is 0 Å². The molecule has 2 amide bonds. The van der Waals surface area contributed by atoms with Crippen molar-refractivity contribution in [3.05, 3.63) is 0 Å². The Bertz CT molecular complexity index is 356. The normalized spacial score (nSPS) is 32.2. The lowest BCUT2D eigenvalue weighted by Crippen LogP contribution is -2.58. The quantitative estimate of drug-likeness (QED) is 0.770. The van der Waals surface area contributed by atoms with Gasteiger partial charge in [0.1, 0.15) is 6.04 Å². The molecule has 6 nitrogen and oxygen atoms in total. The first kappa shape index (κ1) is 14.5. The SMILES string of the molecule is C[C@@H]1CN(C(=O)N2CCSCC2C(=O)O)C[C@H](C)O1. The van der Waals surface area contributed by atoms with E-state index in [9.17, 15) is 14.7 Å². The van der Waals surface area contributed by atoms with E-state index in [-0.39, 0.29) is 18.2 Å². The molecule has 0 spiro atoms. The molecular formula is C12H20N2O4S. The second kappa shape index (κ2) is 6.00. The fraction of sp³-hybridized carbons (Fsp3) is 0.833. The number of ether oxygens (including phenoxy) is 1. The summed E-state index contributed by atoms with van der Waals surface area (Å²) >= 11 is 1.58. The van der Waals surface area contributed by atoms with E-state index in [4.69, 9.17) is 4.74 Å². The molecule has 0 aromatic heterocycles. The molecule has 0 bridgehead atoms. The first-order chi connectivity index (χ1) is 8.99. The average Bonchev–Trinajstić information content (AvgIpc) is 2.36. The molecule has 19 heavy (non-hydrogen) atoms. The maximum Gasteiger partial charge on any atom is 0.327 e. The third-order valence-corrected chi connectivity index (χ3v) is 4.37. The Morgan fingerprint density at radius 2 is 1.89 bits per heavy atom. The lowest BCUT2D eigenvalue weighted by atomic mass is 10.2. The lowest BCUT2D eigenvalue weighted by Gasteiger charge is -2.41. The van der Waals surface area contributed by atoms with Crippen LogP contribution in [0.15, 0.2) is 0 Å². The first-order valence-corrected chi connectivity index (χ1v) is 7.66. The molecule has 0 saturated carbocycles. The minimum absolute atomic E-state index is 0.00450. The van der Waals surface area contributed by atoms with Crippen molar-refractivity contribution in [3.8, 4) is 0 Å². The maximum atomic E-state index is 12.5. The summed E-state index contributed by atoms with van der Waals surface area (Å²) in [5.74, 6) is 0.344. The Balaban J connectivity index is 2.06. The Hall–Kier alpha value is -0.950. The number of hydrogen-bond acceptors (Lipinski definition) is 4. The summed E-state index contributed by atoms with van der Waals surface area (Å²) in [6.07, 6.45) is -0.00899. The van der Waals surface area contributed by atoms with Gasteiger partial charge in [-0.2, -0.15) is 11.8 Å². The predicted molar refractivity (Wildman–Crippen MR) is 72.4 cm³/mol. The van der Waals surface area contributed by atoms with Crippen LogP contribution in [0.1, 0.15) is 13.8 Å². The van der Waals surface area contributed by atoms with Crippen LogP contribution in [-0.2, 0) is 9.53 Å². The van der Waals surface area contributed by atoms with E-state index < -0.39 is 12.0 Å². The number of carbonyl (C=O) groups is 2. The second-order valence-electron chi connectivity index (χ2n) is 5.07. The number of carboxylic acids is 1. The Morgan fingerprint density at radius 3 is 2.47 bits per heavy atom. The van der Waals surface area contributed by atoms with Crippen molar-refractivity contribution in [2.24, 2.45) is 0 Å². The molecule has 0 radical (unpaired) electrons. The summed E-state index contributed by atoms with van der Waals surface area (Å²) in [6.45, 7) is 5.41. The average molecular weight is 288 g/mol. The topological polar surface area (TPSA) is 70.1 Å². The number of carbonyl (C=O) groups excluding carboxylic acids is 1. The summed E-state index contributed by atoms with van der Waals surface area (Å²) < 4.78 is 5.60. The van der Waals surface area contributed by atoms with Gasteiger partial charge in [-0.25, -0.2) is 9.59 Å². The van der Waals surface area contributed by atoms with Crippen LogP contribution in [0.25, 0.3) is 0 Å². The Kier molecular flexibility index (Phi) is 4.57. The number of urea groups is 1. The highest BCUT2D eigenvalue weighted by Crippen LogP contribution is 2.20. The van der Waals surface area contributed by atoms with Crippen LogP contribution >= 0.6 is 11.8 Å². The van der Waals surface area contributed by atoms with Crippen LogP contribution in [0.2, 0.25) is 0 Å². The number of hydrogen-bond donors (Lipinski definition) is 1. The third kappa shape index (κ3) is 3.33. The van der Waals surface area contributed by atoms with Gasteiger partial charge in [-0.1, -0.05) is 0 Å². The number of nitrogens with zero attached hydrogens (tertiary/aromatic N) is 2. The van der Waals surface area contributed by atoms with Crippen LogP contribution in [0, 0.1) is 0 Å². The molecule has 2 heterocycles. The van der Waals surface area contributed by atoms with Crippen molar-refractivity contribution in [1.29, 1.82) is 0 Å². The third-order valence-electron chi connectivity index (χ3n) is 3.35. The fourth-order valence-corrected chi connectivity index (χ4v) is 3.59. The van der Waals surface area contributed by atoms with E-state index in [1.54, 1.807) is 16.7 Å². The van der Waals surface area contributed by atoms with Gasteiger partial charge < -0.3 is 19.6 Å². The van der Waals surface area contributed by atoms with Crippen LogP contribution in [0.3, 0.4) is 0 Å². The van der Waals surface area contributed by atoms with Crippen molar-refractivity contribution < 1.29 is 19.4 Å². The van der Waals surface area contributed by atoms with Crippen molar-refractivity contribution >= 4 is 23.8 Å². The minimum Gasteiger partial charge on any atom is -0.480 e. The van der Waals surface area contributed by atoms with Gasteiger partial charge in [0.25, 0.3) is 0 Å². The first-order valence-electron chi connectivity index (χ1n) is 6.50. The van der Waals surface area contributed by atoms with Crippen LogP contribution in [-0.4, -0.2) is 76.3 Å². The van der Waals surface area contributed by atoms with Crippen molar-refractivity contribution in [1.82, 2.24) is 9.80 Å². The van der Waals surface area contributed by atoms with Crippen LogP contribution in [0.4, 0.5) is 4.79 Å². The molecule has 0 aliphatic carbocycles. The van der Waals surface area contributed by atoms with E-state index in [0.29, 0.717) is 25.4 Å². The van der Waals surface area contributed by atoms with E-state index in [0.717, 1.165) is 5.75 Å². The fourth-order valence-electron chi connectivity index (χ4n) is 2.55. The zero-order chi connectivity index (χ0) is 14.0. The molecule has 0 aromatic carbocycles. The zero-order valence-electron chi connectivity index (χ0n) is 11.2. The highest BCUT2D eigenvalue weighted by Gasteiger charge is 2.36. The molecule has 1 unspecified atom stereocenters.